The van der Waals surface area contributed by atoms with E-state index in [0.29, 0.717) is 19.5 Å². The molecule has 0 heterocycles. The van der Waals surface area contributed by atoms with Crippen molar-refractivity contribution in [3.8, 4) is 5.75 Å². The van der Waals surface area contributed by atoms with E-state index in [0.717, 1.165) is 11.3 Å². The van der Waals surface area contributed by atoms with Gasteiger partial charge in [0, 0.05) is 25.2 Å². The molecule has 0 fully saturated rings. The second-order valence-electron chi connectivity index (χ2n) is 4.92. The molecule has 0 aromatic heterocycles. The van der Waals surface area contributed by atoms with Crippen LogP contribution in [0.1, 0.15) is 18.4 Å². The summed E-state index contributed by atoms with van der Waals surface area (Å²) in [6.07, 6.45) is 0.765. The fraction of sp³-hybridized carbons (Fsp3) is 0.235. The molecule has 2 aromatic carbocycles. The Morgan fingerprint density at radius 1 is 1.00 bits per heavy atom. The van der Waals surface area contributed by atoms with Crippen LogP contribution in [0.3, 0.4) is 0 Å². The van der Waals surface area contributed by atoms with E-state index in [2.05, 4.69) is 4.90 Å². The molecular formula is C17H19NO3. The predicted molar refractivity (Wildman–Crippen MR) is 82.5 cm³/mol. The summed E-state index contributed by atoms with van der Waals surface area (Å²) in [4.78, 5) is 12.8. The minimum Gasteiger partial charge on any atom is -0.508 e. The van der Waals surface area contributed by atoms with Crippen molar-refractivity contribution in [2.45, 2.75) is 19.4 Å². The van der Waals surface area contributed by atoms with Gasteiger partial charge in [-0.05, 0) is 36.2 Å². The van der Waals surface area contributed by atoms with E-state index in [1.807, 2.05) is 42.5 Å². The number of benzene rings is 2. The van der Waals surface area contributed by atoms with Crippen LogP contribution < -0.4 is 4.90 Å². The van der Waals surface area contributed by atoms with Gasteiger partial charge in [0.05, 0.1) is 0 Å². The number of carbonyl (C=O) groups is 1. The molecule has 0 bridgehead atoms. The summed E-state index contributed by atoms with van der Waals surface area (Å²) < 4.78 is 0. The van der Waals surface area contributed by atoms with E-state index < -0.39 is 5.97 Å². The van der Waals surface area contributed by atoms with Crippen LogP contribution >= 0.6 is 0 Å². The molecule has 0 unspecified atom stereocenters. The molecule has 2 rings (SSSR count). The minimum absolute atomic E-state index is 0.166. The van der Waals surface area contributed by atoms with E-state index in [-0.39, 0.29) is 12.2 Å². The summed E-state index contributed by atoms with van der Waals surface area (Å²) in [6, 6.07) is 17.0. The number of rotatable bonds is 7. The van der Waals surface area contributed by atoms with Gasteiger partial charge in [0.2, 0.25) is 0 Å². The maximum absolute atomic E-state index is 10.7. The Morgan fingerprint density at radius 2 is 1.67 bits per heavy atom. The molecule has 0 spiro atoms. The molecule has 0 aliphatic rings. The van der Waals surface area contributed by atoms with Gasteiger partial charge in [0.1, 0.15) is 5.75 Å². The Labute approximate surface area is 124 Å². The lowest BCUT2D eigenvalue weighted by molar-refractivity contribution is -0.137. The molecule has 4 heteroatoms. The topological polar surface area (TPSA) is 60.8 Å². The Bertz CT molecular complexity index is 566. The molecule has 0 amide bonds. The summed E-state index contributed by atoms with van der Waals surface area (Å²) in [7, 11) is 0. The summed E-state index contributed by atoms with van der Waals surface area (Å²) in [5, 5.41) is 18.1. The maximum Gasteiger partial charge on any atom is 0.303 e. The number of aliphatic carboxylic acids is 1. The number of aromatic hydroxyl groups is 1. The van der Waals surface area contributed by atoms with Gasteiger partial charge in [0.25, 0.3) is 0 Å². The first kappa shape index (κ1) is 14.9. The molecule has 110 valence electrons. The number of anilines is 1. The normalized spacial score (nSPS) is 10.3. The smallest absolute Gasteiger partial charge is 0.303 e. The number of phenols is 1. The number of hydrogen-bond acceptors (Lipinski definition) is 3. The Morgan fingerprint density at radius 3 is 2.29 bits per heavy atom. The number of hydrogen-bond donors (Lipinski definition) is 2. The van der Waals surface area contributed by atoms with Crippen molar-refractivity contribution < 1.29 is 15.0 Å². The maximum atomic E-state index is 10.7. The fourth-order valence-corrected chi connectivity index (χ4v) is 2.18. The number of nitrogens with zero attached hydrogens (tertiary/aromatic N) is 1. The van der Waals surface area contributed by atoms with Crippen LogP contribution in [0.15, 0.2) is 54.6 Å². The van der Waals surface area contributed by atoms with E-state index in [1.165, 1.54) is 0 Å². The van der Waals surface area contributed by atoms with Crippen LogP contribution in [-0.4, -0.2) is 22.7 Å². The number of phenolic OH excluding ortho intramolecular Hbond substituents is 1. The molecule has 4 nitrogen and oxygen atoms in total. The van der Waals surface area contributed by atoms with Gasteiger partial charge in [-0.3, -0.25) is 4.79 Å². The molecule has 2 N–H and O–H groups in total. The predicted octanol–water partition coefficient (Wildman–Crippen LogP) is 3.26. The molecule has 0 aliphatic heterocycles. The molecule has 0 saturated heterocycles. The standard InChI is InChI=1S/C17H19NO3/c19-16-10-8-14(9-11-16)13-18(12-4-7-17(20)21)15-5-2-1-3-6-15/h1-3,5-6,8-11,19H,4,7,12-13H2,(H,20,21). The zero-order chi connectivity index (χ0) is 15.1. The first-order valence-corrected chi connectivity index (χ1v) is 6.95. The van der Waals surface area contributed by atoms with Crippen molar-refractivity contribution in [3.05, 3.63) is 60.2 Å². The first-order valence-electron chi connectivity index (χ1n) is 6.95. The molecule has 21 heavy (non-hydrogen) atoms. The highest BCUT2D eigenvalue weighted by Crippen LogP contribution is 2.19. The molecular weight excluding hydrogens is 266 g/mol. The minimum atomic E-state index is -0.771. The van der Waals surface area contributed by atoms with Crippen molar-refractivity contribution in [1.82, 2.24) is 0 Å². The van der Waals surface area contributed by atoms with Crippen LogP contribution in [0.25, 0.3) is 0 Å². The number of carboxylic acid groups (broad SMARTS) is 1. The molecule has 2 aromatic rings. The van der Waals surface area contributed by atoms with Crippen LogP contribution in [0.4, 0.5) is 5.69 Å². The second-order valence-corrected chi connectivity index (χ2v) is 4.92. The van der Waals surface area contributed by atoms with Crippen molar-refractivity contribution >= 4 is 11.7 Å². The monoisotopic (exact) mass is 285 g/mol. The highest BCUT2D eigenvalue weighted by Gasteiger charge is 2.08. The third-order valence-electron chi connectivity index (χ3n) is 3.25. The van der Waals surface area contributed by atoms with Crippen molar-refractivity contribution in [2.75, 3.05) is 11.4 Å². The van der Waals surface area contributed by atoms with E-state index in [9.17, 15) is 9.90 Å². The number of carboxylic acids is 1. The van der Waals surface area contributed by atoms with Crippen LogP contribution in [0.2, 0.25) is 0 Å². The first-order chi connectivity index (χ1) is 10.1. The van der Waals surface area contributed by atoms with Crippen LogP contribution in [-0.2, 0) is 11.3 Å². The van der Waals surface area contributed by atoms with Crippen molar-refractivity contribution in [2.24, 2.45) is 0 Å². The van der Waals surface area contributed by atoms with Gasteiger partial charge in [-0.25, -0.2) is 0 Å². The average Bonchev–Trinajstić information content (AvgIpc) is 2.49. The summed E-state index contributed by atoms with van der Waals surface area (Å²) in [5.41, 5.74) is 2.14. The average molecular weight is 285 g/mol. The highest BCUT2D eigenvalue weighted by atomic mass is 16.4. The molecule has 0 aliphatic carbocycles. The van der Waals surface area contributed by atoms with Crippen molar-refractivity contribution in [3.63, 3.8) is 0 Å². The van der Waals surface area contributed by atoms with E-state index in [4.69, 9.17) is 5.11 Å². The Balaban J connectivity index is 2.07. The van der Waals surface area contributed by atoms with Gasteiger partial charge in [-0.15, -0.1) is 0 Å². The van der Waals surface area contributed by atoms with E-state index in [1.54, 1.807) is 12.1 Å². The van der Waals surface area contributed by atoms with Crippen LogP contribution in [0.5, 0.6) is 5.75 Å². The van der Waals surface area contributed by atoms with Crippen LogP contribution in [0, 0.1) is 0 Å². The Kier molecular flexibility index (Phi) is 5.21. The van der Waals surface area contributed by atoms with Gasteiger partial charge >= 0.3 is 5.97 Å². The zero-order valence-corrected chi connectivity index (χ0v) is 11.8. The number of para-hydroxylation sites is 1. The molecule has 0 saturated carbocycles. The largest absolute Gasteiger partial charge is 0.508 e. The van der Waals surface area contributed by atoms with Gasteiger partial charge in [-0.1, -0.05) is 30.3 Å². The lowest BCUT2D eigenvalue weighted by atomic mass is 10.1. The lowest BCUT2D eigenvalue weighted by Gasteiger charge is -2.25. The van der Waals surface area contributed by atoms with Gasteiger partial charge < -0.3 is 15.1 Å². The van der Waals surface area contributed by atoms with Crippen molar-refractivity contribution in [1.29, 1.82) is 0 Å². The molecule has 0 radical (unpaired) electrons. The van der Waals surface area contributed by atoms with Gasteiger partial charge in [0.15, 0.2) is 0 Å². The summed E-state index contributed by atoms with van der Waals surface area (Å²) >= 11 is 0. The SMILES string of the molecule is O=C(O)CCCN(Cc1ccc(O)cc1)c1ccccc1. The third-order valence-corrected chi connectivity index (χ3v) is 3.25. The van der Waals surface area contributed by atoms with Gasteiger partial charge in [-0.2, -0.15) is 0 Å². The summed E-state index contributed by atoms with van der Waals surface area (Å²) in [6.45, 7) is 1.36. The lowest BCUT2D eigenvalue weighted by Crippen LogP contribution is -2.24. The Hall–Kier alpha value is -2.49. The van der Waals surface area contributed by atoms with E-state index >= 15 is 0 Å². The molecule has 0 atom stereocenters. The quantitative estimate of drug-likeness (QED) is 0.819. The third kappa shape index (κ3) is 4.84. The summed E-state index contributed by atoms with van der Waals surface area (Å²) in [5.74, 6) is -0.525. The second kappa shape index (κ2) is 7.33. The highest BCUT2D eigenvalue weighted by molar-refractivity contribution is 5.66. The zero-order valence-electron chi connectivity index (χ0n) is 11.8. The fourth-order valence-electron chi connectivity index (χ4n) is 2.18.